The molecule has 9 aromatic carbocycles. The Bertz CT molecular complexity index is 2830. The Morgan fingerprint density at radius 3 is 1.18 bits per heavy atom. The van der Waals surface area contributed by atoms with Gasteiger partial charge in [0.2, 0.25) is 0 Å². The second-order valence-electron chi connectivity index (χ2n) is 14.2. The zero-order valence-corrected chi connectivity index (χ0v) is 30.8. The second kappa shape index (κ2) is 14.4. The second-order valence-corrected chi connectivity index (χ2v) is 14.2. The van der Waals surface area contributed by atoms with Crippen molar-refractivity contribution in [2.45, 2.75) is 0 Å². The highest BCUT2D eigenvalue weighted by Crippen LogP contribution is 2.39. The van der Waals surface area contributed by atoms with Gasteiger partial charge in [-0.2, -0.15) is 0 Å². The fraction of sp³-hybridized carbons (Fsp3) is 0. The van der Waals surface area contributed by atoms with Gasteiger partial charge in [-0.25, -0.2) is 0 Å². The number of aromatic nitrogens is 1. The Morgan fingerprint density at radius 2 is 0.625 bits per heavy atom. The Morgan fingerprint density at radius 1 is 0.250 bits per heavy atom. The van der Waals surface area contributed by atoms with E-state index in [0.29, 0.717) is 0 Å². The molecule has 0 N–H and O–H groups in total. The van der Waals surface area contributed by atoms with E-state index >= 15 is 0 Å². The molecule has 56 heavy (non-hydrogen) atoms. The standard InChI is InChI=1S/C54H38N2/c1-4-13-39(14-5-1)41-23-30-48(31-24-41)55(49-32-25-42(26-33-49)40-15-6-2-7-16-40)50-34-27-43(28-35-50)44-17-12-18-45(37-44)46-29-36-54-52(38-46)51-21-10-11-22-53(51)56(54)47-19-8-3-9-20-47/h1-38H. The molecule has 0 fully saturated rings. The van der Waals surface area contributed by atoms with Gasteiger partial charge in [0, 0.05) is 33.5 Å². The molecule has 0 radical (unpaired) electrons. The van der Waals surface area contributed by atoms with Crippen LogP contribution < -0.4 is 4.90 Å². The van der Waals surface area contributed by atoms with Crippen molar-refractivity contribution in [2.24, 2.45) is 0 Å². The maximum atomic E-state index is 2.37. The van der Waals surface area contributed by atoms with E-state index in [9.17, 15) is 0 Å². The molecule has 10 aromatic rings. The van der Waals surface area contributed by atoms with Gasteiger partial charge in [-0.3, -0.25) is 0 Å². The van der Waals surface area contributed by atoms with Crippen LogP contribution in [-0.2, 0) is 0 Å². The number of nitrogens with zero attached hydrogens (tertiary/aromatic N) is 2. The van der Waals surface area contributed by atoms with Crippen LogP contribution in [0, 0.1) is 0 Å². The van der Waals surface area contributed by atoms with Crippen LogP contribution in [0.25, 0.3) is 72.0 Å². The van der Waals surface area contributed by atoms with Crippen molar-refractivity contribution >= 4 is 38.9 Å². The molecule has 0 bridgehead atoms. The maximum absolute atomic E-state index is 2.37. The summed E-state index contributed by atoms with van der Waals surface area (Å²) in [5.41, 5.74) is 16.5. The predicted octanol–water partition coefficient (Wildman–Crippen LogP) is 14.9. The topological polar surface area (TPSA) is 8.17 Å². The lowest BCUT2D eigenvalue weighted by Crippen LogP contribution is -2.09. The summed E-state index contributed by atoms with van der Waals surface area (Å²) in [5.74, 6) is 0. The molecule has 1 aromatic heterocycles. The maximum Gasteiger partial charge on any atom is 0.0541 e. The van der Waals surface area contributed by atoms with Gasteiger partial charge in [0.15, 0.2) is 0 Å². The molecule has 0 spiro atoms. The smallest absolute Gasteiger partial charge is 0.0541 e. The summed E-state index contributed by atoms with van der Waals surface area (Å²) < 4.78 is 2.37. The number of rotatable bonds is 8. The number of anilines is 3. The summed E-state index contributed by atoms with van der Waals surface area (Å²) >= 11 is 0. The van der Waals surface area contributed by atoms with Gasteiger partial charge in [-0.15, -0.1) is 0 Å². The molecular weight excluding hydrogens is 677 g/mol. The zero-order valence-electron chi connectivity index (χ0n) is 30.8. The molecular formula is C54H38N2. The Balaban J connectivity index is 0.994. The third-order valence-electron chi connectivity index (χ3n) is 10.8. The van der Waals surface area contributed by atoms with Crippen molar-refractivity contribution < 1.29 is 0 Å². The molecule has 10 rings (SSSR count). The fourth-order valence-corrected chi connectivity index (χ4v) is 8.00. The van der Waals surface area contributed by atoms with Crippen molar-refractivity contribution in [3.8, 4) is 50.2 Å². The molecule has 0 saturated carbocycles. The summed E-state index contributed by atoms with van der Waals surface area (Å²) in [6.45, 7) is 0. The van der Waals surface area contributed by atoms with E-state index in [1.165, 1.54) is 72.0 Å². The number of fused-ring (bicyclic) bond motifs is 3. The quantitative estimate of drug-likeness (QED) is 0.152. The largest absolute Gasteiger partial charge is 0.311 e. The van der Waals surface area contributed by atoms with E-state index < -0.39 is 0 Å². The number of hydrogen-bond acceptors (Lipinski definition) is 1. The molecule has 0 aliphatic rings. The van der Waals surface area contributed by atoms with Crippen molar-refractivity contribution in [1.82, 2.24) is 4.57 Å². The summed E-state index contributed by atoms with van der Waals surface area (Å²) in [7, 11) is 0. The van der Waals surface area contributed by atoms with Crippen LogP contribution in [-0.4, -0.2) is 4.57 Å². The van der Waals surface area contributed by atoms with E-state index in [-0.39, 0.29) is 0 Å². The molecule has 2 heteroatoms. The van der Waals surface area contributed by atoms with Gasteiger partial charge in [0.05, 0.1) is 11.0 Å². The molecule has 0 amide bonds. The number of benzene rings is 9. The normalized spacial score (nSPS) is 11.2. The summed E-state index contributed by atoms with van der Waals surface area (Å²) in [4.78, 5) is 2.34. The fourth-order valence-electron chi connectivity index (χ4n) is 8.00. The predicted molar refractivity (Wildman–Crippen MR) is 237 cm³/mol. The monoisotopic (exact) mass is 714 g/mol. The van der Waals surface area contributed by atoms with E-state index in [2.05, 4.69) is 240 Å². The highest BCUT2D eigenvalue weighted by molar-refractivity contribution is 6.10. The molecule has 0 aliphatic heterocycles. The lowest BCUT2D eigenvalue weighted by molar-refractivity contribution is 1.18. The van der Waals surface area contributed by atoms with Crippen molar-refractivity contribution in [3.63, 3.8) is 0 Å². The van der Waals surface area contributed by atoms with Gasteiger partial charge < -0.3 is 9.47 Å². The lowest BCUT2D eigenvalue weighted by atomic mass is 9.97. The van der Waals surface area contributed by atoms with Gasteiger partial charge in [0.1, 0.15) is 0 Å². The van der Waals surface area contributed by atoms with Gasteiger partial charge >= 0.3 is 0 Å². The van der Waals surface area contributed by atoms with E-state index in [4.69, 9.17) is 0 Å². The first-order chi connectivity index (χ1) is 27.8. The summed E-state index contributed by atoms with van der Waals surface area (Å²) in [6, 6.07) is 82.9. The molecule has 0 aliphatic carbocycles. The number of para-hydroxylation sites is 2. The van der Waals surface area contributed by atoms with Crippen LogP contribution in [0.5, 0.6) is 0 Å². The minimum Gasteiger partial charge on any atom is -0.311 e. The molecule has 1 heterocycles. The molecule has 0 atom stereocenters. The average molecular weight is 715 g/mol. The van der Waals surface area contributed by atoms with E-state index in [1.807, 2.05) is 0 Å². The highest BCUT2D eigenvalue weighted by Gasteiger charge is 2.16. The van der Waals surface area contributed by atoms with Crippen molar-refractivity contribution in [3.05, 3.63) is 231 Å². The minimum atomic E-state index is 1.10. The van der Waals surface area contributed by atoms with Gasteiger partial charge in [-0.1, -0.05) is 158 Å². The Labute approximate surface area is 327 Å². The van der Waals surface area contributed by atoms with Crippen molar-refractivity contribution in [1.29, 1.82) is 0 Å². The third-order valence-corrected chi connectivity index (χ3v) is 10.8. The molecule has 0 unspecified atom stereocenters. The van der Waals surface area contributed by atoms with Crippen LogP contribution in [0.1, 0.15) is 0 Å². The SMILES string of the molecule is c1ccc(-c2ccc(N(c3ccc(-c4ccccc4)cc3)c3ccc(-c4cccc(-c5ccc6c(c5)c5ccccc5n6-c5ccccc5)c4)cc3)cc2)cc1. The summed E-state index contributed by atoms with van der Waals surface area (Å²) in [5, 5.41) is 2.51. The highest BCUT2D eigenvalue weighted by atomic mass is 15.1. The first-order valence-electron chi connectivity index (χ1n) is 19.2. The third kappa shape index (κ3) is 6.24. The van der Waals surface area contributed by atoms with Gasteiger partial charge in [-0.05, 0) is 117 Å². The van der Waals surface area contributed by atoms with Crippen molar-refractivity contribution in [2.75, 3.05) is 4.90 Å². The Kier molecular flexibility index (Phi) is 8.55. The first-order valence-corrected chi connectivity index (χ1v) is 19.2. The van der Waals surface area contributed by atoms with Crippen LogP contribution in [0.4, 0.5) is 17.1 Å². The van der Waals surface area contributed by atoms with Crippen LogP contribution in [0.15, 0.2) is 231 Å². The minimum absolute atomic E-state index is 1.10. The molecule has 264 valence electrons. The zero-order chi connectivity index (χ0) is 37.3. The van der Waals surface area contributed by atoms with Crippen LogP contribution in [0.2, 0.25) is 0 Å². The summed E-state index contributed by atoms with van der Waals surface area (Å²) in [6.07, 6.45) is 0. The van der Waals surface area contributed by atoms with E-state index in [1.54, 1.807) is 0 Å². The van der Waals surface area contributed by atoms with Crippen LogP contribution in [0.3, 0.4) is 0 Å². The number of hydrogen-bond donors (Lipinski definition) is 0. The molecule has 2 nitrogen and oxygen atoms in total. The Hall–Kier alpha value is -7.42. The van der Waals surface area contributed by atoms with Gasteiger partial charge in [0.25, 0.3) is 0 Å². The van der Waals surface area contributed by atoms with E-state index in [0.717, 1.165) is 17.1 Å². The first kappa shape index (κ1) is 33.2. The van der Waals surface area contributed by atoms with Crippen LogP contribution >= 0.6 is 0 Å². The molecule has 0 saturated heterocycles. The average Bonchev–Trinajstić information content (AvgIpc) is 3.62. The lowest BCUT2D eigenvalue weighted by Gasteiger charge is -2.26.